The van der Waals surface area contributed by atoms with E-state index >= 15 is 0 Å². The van der Waals surface area contributed by atoms with Crippen molar-refractivity contribution in [3.8, 4) is 0 Å². The zero-order valence-electron chi connectivity index (χ0n) is 10.3. The monoisotopic (exact) mass is 256 g/mol. The van der Waals surface area contributed by atoms with E-state index in [9.17, 15) is 14.9 Å². The molecule has 0 aliphatic rings. The van der Waals surface area contributed by atoms with Crippen molar-refractivity contribution in [2.45, 2.75) is 25.9 Å². The Labute approximate surface area is 104 Å². The predicted octanol–water partition coefficient (Wildman–Crippen LogP) is 0.0206. The lowest BCUT2D eigenvalue weighted by atomic mass is 10.3. The van der Waals surface area contributed by atoms with Crippen LogP contribution in [0.3, 0.4) is 0 Å². The topological polar surface area (TPSA) is 102 Å². The summed E-state index contributed by atoms with van der Waals surface area (Å²) in [7, 11) is 1.61. The molecule has 8 heteroatoms. The van der Waals surface area contributed by atoms with Crippen LogP contribution in [0, 0.1) is 10.1 Å². The Morgan fingerprint density at radius 3 is 2.89 bits per heavy atom. The summed E-state index contributed by atoms with van der Waals surface area (Å²) in [6.45, 7) is 1.96. The van der Waals surface area contributed by atoms with Crippen LogP contribution in [0.1, 0.15) is 13.3 Å². The average Bonchev–Trinajstić information content (AvgIpc) is 2.82. The summed E-state index contributed by atoms with van der Waals surface area (Å²) in [4.78, 5) is 26.6. The Hall–Kier alpha value is -1.96. The molecule has 1 aromatic heterocycles. The van der Waals surface area contributed by atoms with Crippen LogP contribution in [0.2, 0.25) is 0 Å². The number of amides is 1. The summed E-state index contributed by atoms with van der Waals surface area (Å²) < 4.78 is 1.49. The van der Waals surface area contributed by atoms with E-state index in [-0.39, 0.29) is 30.8 Å². The fraction of sp³-hybridized carbons (Fsp3) is 0.600. The van der Waals surface area contributed by atoms with Crippen LogP contribution >= 0.6 is 0 Å². The normalized spacial score (nSPS) is 12.2. The van der Waals surface area contributed by atoms with Gasteiger partial charge >= 0.3 is 5.82 Å². The standard InChI is InChI=1S/C10H16N4O4/c1-8(6-15)12(2)10(16)3-4-13-5-9(11-7-13)14(17)18/h5,7-8,15H,3-4,6H2,1-2H3. The van der Waals surface area contributed by atoms with E-state index in [2.05, 4.69) is 4.98 Å². The first-order chi connectivity index (χ1) is 8.45. The zero-order chi connectivity index (χ0) is 13.7. The maximum Gasteiger partial charge on any atom is 0.381 e. The number of nitrogens with zero attached hydrogens (tertiary/aromatic N) is 4. The Balaban J connectivity index is 2.49. The molecule has 0 bridgehead atoms. The van der Waals surface area contributed by atoms with E-state index in [1.54, 1.807) is 14.0 Å². The highest BCUT2D eigenvalue weighted by Crippen LogP contribution is 2.07. The van der Waals surface area contributed by atoms with Gasteiger partial charge in [-0.15, -0.1) is 0 Å². The van der Waals surface area contributed by atoms with Gasteiger partial charge in [-0.05, 0) is 16.8 Å². The Bertz CT molecular complexity index is 431. The molecular weight excluding hydrogens is 240 g/mol. The Morgan fingerprint density at radius 1 is 1.72 bits per heavy atom. The number of aliphatic hydroxyl groups is 1. The highest BCUT2D eigenvalue weighted by molar-refractivity contribution is 5.76. The van der Waals surface area contributed by atoms with E-state index in [4.69, 9.17) is 5.11 Å². The van der Waals surface area contributed by atoms with Crippen molar-refractivity contribution in [1.82, 2.24) is 14.5 Å². The molecule has 1 amide bonds. The zero-order valence-corrected chi connectivity index (χ0v) is 10.3. The third-order valence-electron chi connectivity index (χ3n) is 2.71. The molecule has 8 nitrogen and oxygen atoms in total. The molecule has 0 aliphatic heterocycles. The van der Waals surface area contributed by atoms with Gasteiger partial charge in [0.2, 0.25) is 12.2 Å². The van der Waals surface area contributed by atoms with E-state index < -0.39 is 4.92 Å². The van der Waals surface area contributed by atoms with Crippen LogP contribution in [0.4, 0.5) is 5.82 Å². The molecule has 0 radical (unpaired) electrons. The summed E-state index contributed by atoms with van der Waals surface area (Å²) >= 11 is 0. The smallest absolute Gasteiger partial charge is 0.381 e. The number of aryl methyl sites for hydroxylation is 1. The van der Waals surface area contributed by atoms with Crippen molar-refractivity contribution in [1.29, 1.82) is 0 Å². The molecule has 1 aromatic rings. The van der Waals surface area contributed by atoms with Gasteiger partial charge in [-0.1, -0.05) is 0 Å². The predicted molar refractivity (Wildman–Crippen MR) is 62.8 cm³/mol. The summed E-state index contributed by atoms with van der Waals surface area (Å²) in [5.74, 6) is -0.368. The highest BCUT2D eigenvalue weighted by Gasteiger charge is 2.15. The lowest BCUT2D eigenvalue weighted by Gasteiger charge is -2.23. The number of imidazole rings is 1. The Kier molecular flexibility index (Phi) is 4.78. The summed E-state index contributed by atoms with van der Waals surface area (Å²) in [5, 5.41) is 19.3. The molecule has 1 unspecified atom stereocenters. The van der Waals surface area contributed by atoms with Crippen molar-refractivity contribution in [2.24, 2.45) is 0 Å². The Morgan fingerprint density at radius 2 is 2.39 bits per heavy atom. The molecule has 1 rings (SSSR count). The van der Waals surface area contributed by atoms with Crippen LogP contribution in [0.5, 0.6) is 0 Å². The van der Waals surface area contributed by atoms with E-state index in [1.807, 2.05) is 0 Å². The van der Waals surface area contributed by atoms with Gasteiger partial charge in [0, 0.05) is 20.0 Å². The third-order valence-corrected chi connectivity index (χ3v) is 2.71. The summed E-state index contributed by atoms with van der Waals surface area (Å²) in [5.41, 5.74) is 0. The van der Waals surface area contributed by atoms with Crippen molar-refractivity contribution in [2.75, 3.05) is 13.7 Å². The first-order valence-electron chi connectivity index (χ1n) is 5.48. The molecule has 0 spiro atoms. The van der Waals surface area contributed by atoms with Crippen LogP contribution in [0.25, 0.3) is 0 Å². The van der Waals surface area contributed by atoms with E-state index in [0.717, 1.165) is 0 Å². The fourth-order valence-electron chi connectivity index (χ4n) is 1.33. The lowest BCUT2D eigenvalue weighted by Crippen LogP contribution is -2.37. The van der Waals surface area contributed by atoms with Crippen LogP contribution < -0.4 is 0 Å². The minimum absolute atomic E-state index is 0.0984. The minimum Gasteiger partial charge on any atom is -0.394 e. The van der Waals surface area contributed by atoms with Crippen molar-refractivity contribution >= 4 is 11.7 Å². The number of likely N-dealkylation sites (N-methyl/N-ethyl adjacent to an activating group) is 1. The average molecular weight is 256 g/mol. The van der Waals surface area contributed by atoms with Gasteiger partial charge in [-0.3, -0.25) is 4.79 Å². The second kappa shape index (κ2) is 6.10. The second-order valence-corrected chi connectivity index (χ2v) is 4.01. The molecule has 18 heavy (non-hydrogen) atoms. The summed E-state index contributed by atoms with van der Waals surface area (Å²) in [6.07, 6.45) is 2.80. The largest absolute Gasteiger partial charge is 0.394 e. The van der Waals surface area contributed by atoms with Crippen molar-refractivity contribution in [3.05, 3.63) is 22.6 Å². The molecule has 0 saturated heterocycles. The van der Waals surface area contributed by atoms with Crippen LogP contribution in [0.15, 0.2) is 12.5 Å². The fourth-order valence-corrected chi connectivity index (χ4v) is 1.33. The molecule has 0 saturated carbocycles. The molecule has 100 valence electrons. The summed E-state index contributed by atoms with van der Waals surface area (Å²) in [6, 6.07) is -0.241. The molecule has 0 fully saturated rings. The molecule has 0 aromatic carbocycles. The van der Waals surface area contributed by atoms with Crippen LogP contribution in [-0.4, -0.2) is 50.1 Å². The number of aromatic nitrogens is 2. The van der Waals surface area contributed by atoms with Gasteiger partial charge in [0.25, 0.3) is 0 Å². The minimum atomic E-state index is -0.585. The van der Waals surface area contributed by atoms with Gasteiger partial charge in [0.1, 0.15) is 6.20 Å². The molecule has 1 N–H and O–H groups in total. The van der Waals surface area contributed by atoms with Gasteiger partial charge in [-0.2, -0.15) is 0 Å². The molecule has 1 atom stereocenters. The number of aliphatic hydroxyl groups excluding tert-OH is 1. The third kappa shape index (κ3) is 3.52. The van der Waals surface area contributed by atoms with Gasteiger partial charge in [0.05, 0.1) is 12.6 Å². The van der Waals surface area contributed by atoms with E-state index in [1.165, 1.54) is 22.0 Å². The van der Waals surface area contributed by atoms with Crippen molar-refractivity contribution < 1.29 is 14.8 Å². The number of carbonyl (C=O) groups excluding carboxylic acids is 1. The number of hydrogen-bond donors (Lipinski definition) is 1. The molecule has 0 aliphatic carbocycles. The first-order valence-corrected chi connectivity index (χ1v) is 5.48. The van der Waals surface area contributed by atoms with E-state index in [0.29, 0.717) is 6.54 Å². The van der Waals surface area contributed by atoms with Gasteiger partial charge in [-0.25, -0.2) is 0 Å². The number of rotatable bonds is 6. The van der Waals surface area contributed by atoms with Crippen LogP contribution in [-0.2, 0) is 11.3 Å². The lowest BCUT2D eigenvalue weighted by molar-refractivity contribution is -0.389. The number of nitro groups is 1. The van der Waals surface area contributed by atoms with Crippen molar-refractivity contribution in [3.63, 3.8) is 0 Å². The van der Waals surface area contributed by atoms with Gasteiger partial charge in [0.15, 0.2) is 0 Å². The van der Waals surface area contributed by atoms with Gasteiger partial charge < -0.3 is 24.7 Å². The second-order valence-electron chi connectivity index (χ2n) is 4.01. The number of hydrogen-bond acceptors (Lipinski definition) is 5. The number of carbonyl (C=O) groups is 1. The maximum absolute atomic E-state index is 11.7. The SMILES string of the molecule is CC(CO)N(C)C(=O)CCn1cnc([N+](=O)[O-])c1. The highest BCUT2D eigenvalue weighted by atomic mass is 16.6. The molecular formula is C10H16N4O4. The quantitative estimate of drug-likeness (QED) is 0.571. The first kappa shape index (κ1) is 14.1. The maximum atomic E-state index is 11.7. The molecule has 1 heterocycles.